The second-order valence-electron chi connectivity index (χ2n) is 5.87. The third-order valence-electron chi connectivity index (χ3n) is 4.58. The number of amides is 2. The maximum absolute atomic E-state index is 12.1. The zero-order valence-corrected chi connectivity index (χ0v) is 12.9. The van der Waals surface area contributed by atoms with Crippen LogP contribution in [0.4, 0.5) is 0 Å². The normalized spacial score (nSPS) is 31.9. The van der Waals surface area contributed by atoms with Gasteiger partial charge in [-0.05, 0) is 44.4 Å². The lowest BCUT2D eigenvalue weighted by Gasteiger charge is -2.43. The highest BCUT2D eigenvalue weighted by Gasteiger charge is 2.40. The number of fused-ring (bicyclic) bond motifs is 2. The number of carbonyl (C=O) groups excluding carboxylic acids is 2. The number of likely N-dealkylation sites (N-methyl/N-ethyl adjacent to an activating group) is 1. The summed E-state index contributed by atoms with van der Waals surface area (Å²) in [4.78, 5) is 23.4. The van der Waals surface area contributed by atoms with Gasteiger partial charge in [-0.15, -0.1) is 12.4 Å². The molecule has 0 aromatic rings. The van der Waals surface area contributed by atoms with Crippen LogP contribution in [0.1, 0.15) is 39.0 Å². The van der Waals surface area contributed by atoms with Crippen molar-refractivity contribution in [1.29, 1.82) is 0 Å². The number of nitrogens with two attached hydrogens (primary N) is 1. The molecular weight excluding hydrogens is 278 g/mol. The van der Waals surface area contributed by atoms with E-state index >= 15 is 0 Å². The Hall–Kier alpha value is -0.810. The molecule has 0 spiro atoms. The molecule has 0 radical (unpaired) electrons. The summed E-state index contributed by atoms with van der Waals surface area (Å²) >= 11 is 0. The van der Waals surface area contributed by atoms with Gasteiger partial charge in [0.2, 0.25) is 11.8 Å². The number of rotatable bonds is 4. The van der Waals surface area contributed by atoms with Gasteiger partial charge in [0.15, 0.2) is 0 Å². The number of halogens is 1. The van der Waals surface area contributed by atoms with Crippen LogP contribution < -0.4 is 16.4 Å². The van der Waals surface area contributed by atoms with E-state index in [-0.39, 0.29) is 42.7 Å². The van der Waals surface area contributed by atoms with Crippen molar-refractivity contribution in [3.8, 4) is 0 Å². The van der Waals surface area contributed by atoms with E-state index in [0.717, 1.165) is 25.7 Å². The minimum atomic E-state index is -0.122. The summed E-state index contributed by atoms with van der Waals surface area (Å²) in [5.74, 6) is 0.934. The maximum Gasteiger partial charge on any atom is 0.239 e. The van der Waals surface area contributed by atoms with Crippen LogP contribution in [0.25, 0.3) is 0 Å². The first kappa shape index (κ1) is 17.2. The zero-order valence-electron chi connectivity index (χ0n) is 12.1. The third kappa shape index (κ3) is 4.09. The van der Waals surface area contributed by atoms with Gasteiger partial charge >= 0.3 is 0 Å². The van der Waals surface area contributed by atoms with Gasteiger partial charge < -0.3 is 16.4 Å². The fourth-order valence-corrected chi connectivity index (χ4v) is 3.57. The molecule has 2 saturated carbocycles. The van der Waals surface area contributed by atoms with Crippen LogP contribution in [-0.4, -0.2) is 30.9 Å². The summed E-state index contributed by atoms with van der Waals surface area (Å²) in [6.45, 7) is 2.55. The molecule has 2 unspecified atom stereocenters. The molecule has 0 heterocycles. The Labute approximate surface area is 126 Å². The Morgan fingerprint density at radius 1 is 1.15 bits per heavy atom. The van der Waals surface area contributed by atoms with E-state index in [1.807, 2.05) is 6.92 Å². The van der Waals surface area contributed by atoms with E-state index in [4.69, 9.17) is 5.73 Å². The van der Waals surface area contributed by atoms with Crippen LogP contribution >= 0.6 is 12.4 Å². The summed E-state index contributed by atoms with van der Waals surface area (Å²) in [5.41, 5.74) is 6.21. The molecule has 2 bridgehead atoms. The van der Waals surface area contributed by atoms with Crippen LogP contribution in [0.15, 0.2) is 0 Å². The lowest BCUT2D eigenvalue weighted by molar-refractivity contribution is -0.130. The van der Waals surface area contributed by atoms with Crippen LogP contribution in [0.2, 0.25) is 0 Å². The van der Waals surface area contributed by atoms with Gasteiger partial charge in [0, 0.05) is 18.5 Å². The van der Waals surface area contributed by atoms with Crippen molar-refractivity contribution < 1.29 is 9.59 Å². The highest BCUT2D eigenvalue weighted by atomic mass is 35.5. The smallest absolute Gasteiger partial charge is 0.239 e. The van der Waals surface area contributed by atoms with Crippen molar-refractivity contribution in [2.24, 2.45) is 23.5 Å². The summed E-state index contributed by atoms with van der Waals surface area (Å²) in [6, 6.07) is 0.279. The molecule has 2 amide bonds. The Kier molecular flexibility index (Phi) is 6.76. The topological polar surface area (TPSA) is 84.2 Å². The molecule has 0 aliphatic heterocycles. The molecule has 0 aromatic carbocycles. The minimum Gasteiger partial charge on any atom is -0.355 e. The molecule has 6 heteroatoms. The van der Waals surface area contributed by atoms with Crippen molar-refractivity contribution in [3.63, 3.8) is 0 Å². The van der Waals surface area contributed by atoms with E-state index in [0.29, 0.717) is 18.4 Å². The van der Waals surface area contributed by atoms with Crippen LogP contribution in [0, 0.1) is 17.8 Å². The first-order valence-electron chi connectivity index (χ1n) is 7.41. The molecule has 2 rings (SSSR count). The largest absolute Gasteiger partial charge is 0.355 e. The number of carbonyl (C=O) groups is 2. The number of hydrogen-bond acceptors (Lipinski definition) is 3. The average Bonchev–Trinajstić information content (AvgIpc) is 2.36. The summed E-state index contributed by atoms with van der Waals surface area (Å²) < 4.78 is 0. The van der Waals surface area contributed by atoms with Gasteiger partial charge in [0.25, 0.3) is 0 Å². The summed E-state index contributed by atoms with van der Waals surface area (Å²) in [6.07, 6.45) is 5.32. The Balaban J connectivity index is 0.00000200. The lowest BCUT2D eigenvalue weighted by atomic mass is 9.65. The molecule has 2 aliphatic rings. The summed E-state index contributed by atoms with van der Waals surface area (Å²) in [5, 5.41) is 5.43. The van der Waals surface area contributed by atoms with Crippen LogP contribution in [-0.2, 0) is 9.59 Å². The molecular formula is C14H26ClN3O2. The monoisotopic (exact) mass is 303 g/mol. The molecule has 116 valence electrons. The quantitative estimate of drug-likeness (QED) is 0.719. The van der Waals surface area contributed by atoms with Gasteiger partial charge in [0.05, 0.1) is 6.54 Å². The zero-order chi connectivity index (χ0) is 13.8. The van der Waals surface area contributed by atoms with E-state index in [9.17, 15) is 9.59 Å². The summed E-state index contributed by atoms with van der Waals surface area (Å²) in [7, 11) is 0. The molecule has 2 fully saturated rings. The predicted octanol–water partition coefficient (Wildman–Crippen LogP) is 0.814. The fourth-order valence-electron chi connectivity index (χ4n) is 3.57. The average molecular weight is 304 g/mol. The lowest BCUT2D eigenvalue weighted by Crippen LogP contribution is -2.49. The van der Waals surface area contributed by atoms with E-state index in [2.05, 4.69) is 10.6 Å². The standard InChI is InChI=1S/C14H25N3O2.ClH/c1-2-16-12(18)8-17-14(19)11-6-9-4-3-5-10(7-11)13(9)15;/h9-11,13H,2-8,15H2,1H3,(H,16,18)(H,17,19);1H. The number of nitrogens with one attached hydrogen (secondary N) is 2. The Morgan fingerprint density at radius 2 is 1.75 bits per heavy atom. The van der Waals surface area contributed by atoms with Gasteiger partial charge in [0.1, 0.15) is 0 Å². The van der Waals surface area contributed by atoms with Crippen molar-refractivity contribution in [1.82, 2.24) is 10.6 Å². The van der Waals surface area contributed by atoms with Gasteiger partial charge in [-0.1, -0.05) is 6.42 Å². The van der Waals surface area contributed by atoms with Gasteiger partial charge in [-0.3, -0.25) is 9.59 Å². The first-order chi connectivity index (χ1) is 9.11. The molecule has 0 aromatic heterocycles. The number of hydrogen-bond donors (Lipinski definition) is 3. The van der Waals surface area contributed by atoms with Gasteiger partial charge in [-0.25, -0.2) is 0 Å². The van der Waals surface area contributed by atoms with Crippen LogP contribution in [0.3, 0.4) is 0 Å². The van der Waals surface area contributed by atoms with Crippen molar-refractivity contribution >= 4 is 24.2 Å². The van der Waals surface area contributed by atoms with Crippen molar-refractivity contribution in [2.75, 3.05) is 13.1 Å². The SMILES string of the molecule is CCNC(=O)CNC(=O)C1CC2CCCC(C1)C2N.Cl. The first-order valence-corrected chi connectivity index (χ1v) is 7.41. The molecule has 5 nitrogen and oxygen atoms in total. The highest BCUT2D eigenvalue weighted by molar-refractivity contribution is 5.86. The molecule has 2 aliphatic carbocycles. The van der Waals surface area contributed by atoms with Crippen molar-refractivity contribution in [2.45, 2.75) is 45.1 Å². The maximum atomic E-state index is 12.1. The third-order valence-corrected chi connectivity index (χ3v) is 4.58. The molecule has 0 saturated heterocycles. The van der Waals surface area contributed by atoms with Crippen LogP contribution in [0.5, 0.6) is 0 Å². The van der Waals surface area contributed by atoms with E-state index in [1.165, 1.54) is 6.42 Å². The second kappa shape index (κ2) is 7.84. The van der Waals surface area contributed by atoms with E-state index in [1.54, 1.807) is 0 Å². The Bertz CT molecular complexity index is 337. The van der Waals surface area contributed by atoms with Crippen molar-refractivity contribution in [3.05, 3.63) is 0 Å². The fraction of sp³-hybridized carbons (Fsp3) is 0.857. The Morgan fingerprint density at radius 3 is 2.30 bits per heavy atom. The molecule has 20 heavy (non-hydrogen) atoms. The molecule has 2 atom stereocenters. The van der Waals surface area contributed by atoms with Gasteiger partial charge in [-0.2, -0.15) is 0 Å². The predicted molar refractivity (Wildman–Crippen MR) is 80.5 cm³/mol. The minimum absolute atomic E-state index is 0. The van der Waals surface area contributed by atoms with E-state index < -0.39 is 0 Å². The molecule has 4 N–H and O–H groups in total. The second-order valence-corrected chi connectivity index (χ2v) is 5.87. The highest BCUT2D eigenvalue weighted by Crippen LogP contribution is 2.41.